The zero-order chi connectivity index (χ0) is 21.0. The minimum absolute atomic E-state index is 0.148. The number of rotatable bonds is 6. The molecule has 0 aliphatic carbocycles. The molecule has 0 bridgehead atoms. The summed E-state index contributed by atoms with van der Waals surface area (Å²) >= 11 is 11.8. The number of hydrogen-bond donors (Lipinski definition) is 3. The summed E-state index contributed by atoms with van der Waals surface area (Å²) in [6.07, 6.45) is 3.38. The topological polar surface area (TPSA) is 86.3 Å². The molecule has 0 fully saturated rings. The normalized spacial score (nSPS) is 12.4. The van der Waals surface area contributed by atoms with E-state index in [-0.39, 0.29) is 10.9 Å². The van der Waals surface area contributed by atoms with Gasteiger partial charge in [0, 0.05) is 28.2 Å². The Labute approximate surface area is 178 Å². The fraction of sp³-hybridized carbons (Fsp3) is 0.190. The molecule has 0 radical (unpaired) electrons. The van der Waals surface area contributed by atoms with Crippen molar-refractivity contribution in [1.29, 1.82) is 0 Å². The molecule has 2 amide bonds. The first-order chi connectivity index (χ1) is 13.9. The van der Waals surface area contributed by atoms with Crippen molar-refractivity contribution in [2.75, 3.05) is 0 Å². The highest BCUT2D eigenvalue weighted by Crippen LogP contribution is 2.22. The first-order valence-electron chi connectivity index (χ1n) is 9.01. The fourth-order valence-electron chi connectivity index (χ4n) is 2.83. The Hall–Kier alpha value is -2.83. The zero-order valence-corrected chi connectivity index (χ0v) is 17.4. The first-order valence-corrected chi connectivity index (χ1v) is 9.77. The Morgan fingerprint density at radius 2 is 1.86 bits per heavy atom. The molecular weight excluding hydrogens is 411 g/mol. The molecule has 0 saturated carbocycles. The number of aromatic nitrogens is 1. The van der Waals surface area contributed by atoms with E-state index >= 15 is 0 Å². The van der Waals surface area contributed by atoms with E-state index in [1.807, 2.05) is 44.3 Å². The van der Waals surface area contributed by atoms with Crippen molar-refractivity contribution in [3.8, 4) is 0 Å². The molecule has 8 heteroatoms. The van der Waals surface area contributed by atoms with Gasteiger partial charge in [-0.05, 0) is 30.2 Å². The maximum Gasteiger partial charge on any atom is 0.262 e. The standard InChI is InChI=1S/C21H20Cl2N4O2/c1-12(2)19(26-20(28)13-7-8-16(22)17(23)9-13)21(29)27-25-11-14-10-24-18-6-4-3-5-15(14)18/h3-12,19,24H,1-2H3,(H,26,28)(H,27,29). The third kappa shape index (κ3) is 4.96. The summed E-state index contributed by atoms with van der Waals surface area (Å²) in [5.41, 5.74) is 4.65. The molecule has 0 spiro atoms. The molecule has 3 aromatic rings. The molecule has 0 aliphatic heterocycles. The van der Waals surface area contributed by atoms with Crippen molar-refractivity contribution >= 4 is 52.1 Å². The van der Waals surface area contributed by atoms with E-state index in [2.05, 4.69) is 20.8 Å². The molecule has 0 saturated heterocycles. The molecule has 1 heterocycles. The molecular formula is C21H20Cl2N4O2. The van der Waals surface area contributed by atoms with Crippen LogP contribution in [0.2, 0.25) is 10.0 Å². The van der Waals surface area contributed by atoms with Crippen molar-refractivity contribution in [2.24, 2.45) is 11.0 Å². The van der Waals surface area contributed by atoms with Gasteiger partial charge >= 0.3 is 0 Å². The molecule has 29 heavy (non-hydrogen) atoms. The van der Waals surface area contributed by atoms with Gasteiger partial charge in [0.2, 0.25) is 0 Å². The molecule has 3 N–H and O–H groups in total. The van der Waals surface area contributed by atoms with Crippen LogP contribution < -0.4 is 10.7 Å². The van der Waals surface area contributed by atoms with Gasteiger partial charge in [-0.1, -0.05) is 55.2 Å². The molecule has 2 aromatic carbocycles. The van der Waals surface area contributed by atoms with Crippen LogP contribution in [0.1, 0.15) is 29.8 Å². The molecule has 150 valence electrons. The van der Waals surface area contributed by atoms with E-state index in [4.69, 9.17) is 23.2 Å². The van der Waals surface area contributed by atoms with E-state index in [0.29, 0.717) is 10.6 Å². The van der Waals surface area contributed by atoms with Gasteiger partial charge in [-0.3, -0.25) is 9.59 Å². The number of H-pyrrole nitrogens is 1. The fourth-order valence-corrected chi connectivity index (χ4v) is 3.13. The second kappa shape index (κ2) is 9.11. The Morgan fingerprint density at radius 1 is 1.10 bits per heavy atom. The smallest absolute Gasteiger partial charge is 0.262 e. The van der Waals surface area contributed by atoms with Gasteiger partial charge in [-0.25, -0.2) is 5.43 Å². The number of benzene rings is 2. The summed E-state index contributed by atoms with van der Waals surface area (Å²) in [6.45, 7) is 3.67. The largest absolute Gasteiger partial charge is 0.361 e. The van der Waals surface area contributed by atoms with Crippen LogP contribution in [0, 0.1) is 5.92 Å². The SMILES string of the molecule is CC(C)C(NC(=O)c1ccc(Cl)c(Cl)c1)C(=O)NN=Cc1c[nH]c2ccccc12. The van der Waals surface area contributed by atoms with Gasteiger partial charge in [0.05, 0.1) is 16.3 Å². The lowest BCUT2D eigenvalue weighted by molar-refractivity contribution is -0.123. The lowest BCUT2D eigenvalue weighted by atomic mass is 10.0. The van der Waals surface area contributed by atoms with Crippen LogP contribution in [-0.4, -0.2) is 29.1 Å². The Kier molecular flexibility index (Phi) is 6.56. The monoisotopic (exact) mass is 430 g/mol. The quantitative estimate of drug-likeness (QED) is 0.400. The first kappa shape index (κ1) is 20.9. The number of aromatic amines is 1. The lowest BCUT2D eigenvalue weighted by Gasteiger charge is -2.20. The van der Waals surface area contributed by atoms with Crippen LogP contribution in [0.3, 0.4) is 0 Å². The number of amides is 2. The minimum atomic E-state index is -0.767. The average molecular weight is 431 g/mol. The van der Waals surface area contributed by atoms with Crippen molar-refractivity contribution in [3.63, 3.8) is 0 Å². The van der Waals surface area contributed by atoms with Gasteiger partial charge in [-0.2, -0.15) is 5.10 Å². The van der Waals surface area contributed by atoms with Gasteiger partial charge in [-0.15, -0.1) is 0 Å². The number of carbonyl (C=O) groups is 2. The van der Waals surface area contributed by atoms with Crippen LogP contribution in [0.4, 0.5) is 0 Å². The average Bonchev–Trinajstić information content (AvgIpc) is 3.11. The third-order valence-corrected chi connectivity index (χ3v) is 5.16. The number of fused-ring (bicyclic) bond motifs is 1. The molecule has 1 aromatic heterocycles. The van der Waals surface area contributed by atoms with E-state index in [1.54, 1.807) is 12.3 Å². The molecule has 1 unspecified atom stereocenters. The van der Waals surface area contributed by atoms with E-state index < -0.39 is 17.9 Å². The predicted molar refractivity (Wildman–Crippen MR) is 117 cm³/mol. The third-order valence-electron chi connectivity index (χ3n) is 4.42. The summed E-state index contributed by atoms with van der Waals surface area (Å²) in [5.74, 6) is -0.979. The number of halogens is 2. The summed E-state index contributed by atoms with van der Waals surface area (Å²) in [4.78, 5) is 28.2. The maximum absolute atomic E-state index is 12.6. The molecule has 6 nitrogen and oxygen atoms in total. The summed E-state index contributed by atoms with van der Waals surface area (Å²) < 4.78 is 0. The highest BCUT2D eigenvalue weighted by Gasteiger charge is 2.24. The second-order valence-corrected chi connectivity index (χ2v) is 7.66. The summed E-state index contributed by atoms with van der Waals surface area (Å²) in [7, 11) is 0. The van der Waals surface area contributed by atoms with Gasteiger partial charge in [0.1, 0.15) is 6.04 Å². The molecule has 1 atom stereocenters. The van der Waals surface area contributed by atoms with E-state index in [1.165, 1.54) is 12.1 Å². The number of para-hydroxylation sites is 1. The summed E-state index contributed by atoms with van der Waals surface area (Å²) in [5, 5.41) is 8.38. The number of hydrazone groups is 1. The van der Waals surface area contributed by atoms with Crippen LogP contribution in [0.15, 0.2) is 53.8 Å². The van der Waals surface area contributed by atoms with Crippen molar-refractivity contribution in [1.82, 2.24) is 15.7 Å². The highest BCUT2D eigenvalue weighted by atomic mass is 35.5. The maximum atomic E-state index is 12.6. The van der Waals surface area contributed by atoms with Gasteiger partial charge in [0.25, 0.3) is 11.8 Å². The van der Waals surface area contributed by atoms with Crippen LogP contribution >= 0.6 is 23.2 Å². The van der Waals surface area contributed by atoms with E-state index in [0.717, 1.165) is 16.5 Å². The number of hydrogen-bond acceptors (Lipinski definition) is 3. The van der Waals surface area contributed by atoms with Crippen LogP contribution in [0.5, 0.6) is 0 Å². The van der Waals surface area contributed by atoms with Crippen molar-refractivity contribution in [3.05, 3.63) is 69.8 Å². The van der Waals surface area contributed by atoms with Gasteiger partial charge in [0.15, 0.2) is 0 Å². The highest BCUT2D eigenvalue weighted by molar-refractivity contribution is 6.42. The molecule has 3 rings (SSSR count). The number of nitrogens with one attached hydrogen (secondary N) is 3. The minimum Gasteiger partial charge on any atom is -0.361 e. The lowest BCUT2D eigenvalue weighted by Crippen LogP contribution is -2.48. The van der Waals surface area contributed by atoms with Gasteiger partial charge < -0.3 is 10.3 Å². The number of carbonyl (C=O) groups excluding carboxylic acids is 2. The Morgan fingerprint density at radius 3 is 2.59 bits per heavy atom. The predicted octanol–water partition coefficient (Wildman–Crippen LogP) is 4.38. The van der Waals surface area contributed by atoms with E-state index in [9.17, 15) is 9.59 Å². The summed E-state index contributed by atoms with van der Waals surface area (Å²) in [6, 6.07) is 11.6. The van der Waals surface area contributed by atoms with Crippen LogP contribution in [-0.2, 0) is 4.79 Å². The number of nitrogens with zero attached hydrogens (tertiary/aromatic N) is 1. The van der Waals surface area contributed by atoms with Crippen molar-refractivity contribution in [2.45, 2.75) is 19.9 Å². The Balaban J connectivity index is 1.67. The zero-order valence-electron chi connectivity index (χ0n) is 15.9. The Bertz CT molecular complexity index is 1080. The van der Waals surface area contributed by atoms with Crippen LogP contribution in [0.25, 0.3) is 10.9 Å². The molecule has 0 aliphatic rings. The van der Waals surface area contributed by atoms with Crippen molar-refractivity contribution < 1.29 is 9.59 Å². The second-order valence-electron chi connectivity index (χ2n) is 6.85.